The van der Waals surface area contributed by atoms with Crippen LogP contribution in [0.15, 0.2) is 33.9 Å². The van der Waals surface area contributed by atoms with Crippen molar-refractivity contribution in [3.05, 3.63) is 50.1 Å². The summed E-state index contributed by atoms with van der Waals surface area (Å²) in [6.45, 7) is 1.70. The number of H-pyrrole nitrogens is 1. The second-order valence-corrected chi connectivity index (χ2v) is 8.22. The van der Waals surface area contributed by atoms with Crippen LogP contribution < -0.4 is 20.9 Å². The summed E-state index contributed by atoms with van der Waals surface area (Å²) in [6.07, 6.45) is 3.41. The van der Waals surface area contributed by atoms with Crippen molar-refractivity contribution < 1.29 is 9.84 Å². The van der Waals surface area contributed by atoms with E-state index in [0.29, 0.717) is 22.4 Å². The quantitative estimate of drug-likeness (QED) is 0.598. The van der Waals surface area contributed by atoms with Crippen LogP contribution in [0, 0.1) is 0 Å². The molecule has 1 saturated heterocycles. The van der Waals surface area contributed by atoms with E-state index in [4.69, 9.17) is 16.3 Å². The Morgan fingerprint density at radius 2 is 1.90 bits per heavy atom. The van der Waals surface area contributed by atoms with E-state index in [0.717, 1.165) is 38.8 Å². The Morgan fingerprint density at radius 3 is 2.61 bits per heavy atom. The summed E-state index contributed by atoms with van der Waals surface area (Å²) in [5.41, 5.74) is -0.483. The molecule has 31 heavy (non-hydrogen) atoms. The summed E-state index contributed by atoms with van der Waals surface area (Å²) in [7, 11) is 1.57. The van der Waals surface area contributed by atoms with Gasteiger partial charge in [0.25, 0.3) is 5.56 Å². The lowest BCUT2D eigenvalue weighted by molar-refractivity contribution is 0.0937. The molecule has 3 aromatic rings. The van der Waals surface area contributed by atoms with Crippen LogP contribution in [0.25, 0.3) is 11.2 Å². The highest BCUT2D eigenvalue weighted by Crippen LogP contribution is 2.25. The fourth-order valence-corrected chi connectivity index (χ4v) is 4.11. The molecule has 0 unspecified atom stereocenters. The minimum Gasteiger partial charge on any atom is -0.489 e. The van der Waals surface area contributed by atoms with Gasteiger partial charge < -0.3 is 19.3 Å². The Morgan fingerprint density at radius 1 is 1.19 bits per heavy atom. The molecule has 0 amide bonds. The molecule has 4 rings (SSSR count). The maximum absolute atomic E-state index is 12.7. The predicted octanol–water partition coefficient (Wildman–Crippen LogP) is 1.90. The van der Waals surface area contributed by atoms with Gasteiger partial charge in [0.05, 0.1) is 11.6 Å². The number of fused-ring (bicyclic) bond motifs is 1. The monoisotopic (exact) mass is 447 g/mol. The second-order valence-electron chi connectivity index (χ2n) is 7.81. The van der Waals surface area contributed by atoms with Crippen LogP contribution >= 0.6 is 11.6 Å². The zero-order valence-corrected chi connectivity index (χ0v) is 18.1. The van der Waals surface area contributed by atoms with Crippen molar-refractivity contribution in [3.63, 3.8) is 0 Å². The number of aromatic nitrogens is 4. The fraction of sp³-hybridized carbons (Fsp3) is 0.476. The number of nitrogens with one attached hydrogen (secondary N) is 1. The topological polar surface area (TPSA) is 105 Å². The highest BCUT2D eigenvalue weighted by molar-refractivity contribution is 6.32. The van der Waals surface area contributed by atoms with Gasteiger partial charge in [0.1, 0.15) is 18.5 Å². The number of hydrogen-bond acceptors (Lipinski definition) is 6. The number of rotatable bonds is 6. The number of aryl methyl sites for hydroxylation is 1. The van der Waals surface area contributed by atoms with E-state index >= 15 is 0 Å². The molecule has 10 heteroatoms. The number of ether oxygens (including phenoxy) is 1. The molecule has 2 aromatic heterocycles. The molecule has 1 fully saturated rings. The molecule has 1 atom stereocenters. The van der Waals surface area contributed by atoms with E-state index in [1.165, 1.54) is 4.57 Å². The van der Waals surface area contributed by atoms with Crippen LogP contribution in [0.5, 0.6) is 5.75 Å². The summed E-state index contributed by atoms with van der Waals surface area (Å²) in [6, 6.07) is 7.04. The van der Waals surface area contributed by atoms with Crippen LogP contribution in [-0.2, 0) is 13.6 Å². The summed E-state index contributed by atoms with van der Waals surface area (Å²) < 4.78 is 8.68. The molecule has 0 bridgehead atoms. The van der Waals surface area contributed by atoms with E-state index < -0.39 is 17.4 Å². The van der Waals surface area contributed by atoms with Gasteiger partial charge in [-0.05, 0) is 25.0 Å². The van der Waals surface area contributed by atoms with E-state index in [1.54, 1.807) is 35.9 Å². The van der Waals surface area contributed by atoms with Crippen molar-refractivity contribution in [2.45, 2.75) is 38.3 Å². The summed E-state index contributed by atoms with van der Waals surface area (Å²) in [5.74, 6) is 1.06. The number of aromatic amines is 1. The number of aliphatic hydroxyl groups excluding tert-OH is 1. The van der Waals surface area contributed by atoms with Crippen molar-refractivity contribution in [2.75, 3.05) is 24.6 Å². The molecule has 1 aliphatic rings. The van der Waals surface area contributed by atoms with Crippen molar-refractivity contribution in [1.82, 2.24) is 19.1 Å². The summed E-state index contributed by atoms with van der Waals surface area (Å²) in [5, 5.41) is 11.2. The molecule has 0 spiro atoms. The zero-order chi connectivity index (χ0) is 22.0. The Balaban J connectivity index is 1.68. The minimum atomic E-state index is -0.920. The van der Waals surface area contributed by atoms with Crippen molar-refractivity contribution in [2.24, 2.45) is 7.05 Å². The molecule has 3 heterocycles. The van der Waals surface area contributed by atoms with Crippen LogP contribution in [0.2, 0.25) is 5.02 Å². The first kappa shape index (κ1) is 21.5. The molecule has 1 aliphatic heterocycles. The van der Waals surface area contributed by atoms with Gasteiger partial charge in [-0.1, -0.05) is 36.6 Å². The number of hydrogen-bond donors (Lipinski definition) is 2. The maximum atomic E-state index is 12.7. The first-order valence-electron chi connectivity index (χ1n) is 10.5. The van der Waals surface area contributed by atoms with E-state index in [1.807, 2.05) is 0 Å². The van der Waals surface area contributed by atoms with E-state index in [2.05, 4.69) is 14.9 Å². The maximum Gasteiger partial charge on any atom is 0.329 e. The lowest BCUT2D eigenvalue weighted by Gasteiger charge is -2.23. The Labute approximate surface area is 183 Å². The van der Waals surface area contributed by atoms with Crippen LogP contribution in [-0.4, -0.2) is 50.0 Å². The number of halogens is 1. The SMILES string of the molecule is Cn1c(=O)[nH]c(=O)c2c1nc(N1CCCCCC1)n2C[C@H](O)COc1ccccc1Cl. The number of benzene rings is 1. The molecule has 2 N–H and O–H groups in total. The molecule has 0 radical (unpaired) electrons. The number of aliphatic hydroxyl groups is 1. The molecule has 9 nitrogen and oxygen atoms in total. The largest absolute Gasteiger partial charge is 0.489 e. The van der Waals surface area contributed by atoms with Gasteiger partial charge in [0.15, 0.2) is 11.2 Å². The smallest absolute Gasteiger partial charge is 0.329 e. The summed E-state index contributed by atoms with van der Waals surface area (Å²) >= 11 is 6.12. The van der Waals surface area contributed by atoms with Gasteiger partial charge in [-0.15, -0.1) is 0 Å². The molecule has 1 aromatic carbocycles. The molecular weight excluding hydrogens is 422 g/mol. The van der Waals surface area contributed by atoms with E-state index in [-0.39, 0.29) is 18.7 Å². The Hall–Kier alpha value is -2.78. The highest BCUT2D eigenvalue weighted by Gasteiger charge is 2.24. The first-order valence-corrected chi connectivity index (χ1v) is 10.8. The molecule has 0 saturated carbocycles. The molecule has 166 valence electrons. The lowest BCUT2D eigenvalue weighted by Crippen LogP contribution is -2.32. The number of para-hydroxylation sites is 1. The first-order chi connectivity index (χ1) is 15.0. The van der Waals surface area contributed by atoms with Crippen molar-refractivity contribution >= 4 is 28.7 Å². The van der Waals surface area contributed by atoms with Gasteiger partial charge in [0.2, 0.25) is 5.95 Å². The van der Waals surface area contributed by atoms with Gasteiger partial charge in [-0.2, -0.15) is 4.98 Å². The van der Waals surface area contributed by atoms with Gasteiger partial charge in [-0.25, -0.2) is 4.79 Å². The minimum absolute atomic E-state index is 0.00743. The second kappa shape index (κ2) is 9.15. The average Bonchev–Trinajstić information content (AvgIpc) is 2.92. The Bertz CT molecular complexity index is 1180. The highest BCUT2D eigenvalue weighted by atomic mass is 35.5. The molecular formula is C21H26ClN5O4. The lowest BCUT2D eigenvalue weighted by atomic mass is 10.2. The fourth-order valence-electron chi connectivity index (χ4n) is 3.92. The standard InChI is InChI=1S/C21H26ClN5O4/c1-25-18-17(19(29)24-21(25)30)27(20(23-18)26-10-6-2-3-7-11-26)12-14(28)13-31-16-9-5-4-8-15(16)22/h4-5,8-9,14,28H,2-3,6-7,10-13H2,1H3,(H,24,29,30)/t14-/m0/s1. The average molecular weight is 448 g/mol. The number of imidazole rings is 1. The van der Waals surface area contributed by atoms with Crippen molar-refractivity contribution in [1.29, 1.82) is 0 Å². The van der Waals surface area contributed by atoms with Gasteiger partial charge in [-0.3, -0.25) is 14.3 Å². The predicted molar refractivity (Wildman–Crippen MR) is 119 cm³/mol. The third-order valence-corrected chi connectivity index (χ3v) is 5.85. The van der Waals surface area contributed by atoms with Crippen LogP contribution in [0.1, 0.15) is 25.7 Å². The van der Waals surface area contributed by atoms with E-state index in [9.17, 15) is 14.7 Å². The third kappa shape index (κ3) is 4.47. The molecule has 0 aliphatic carbocycles. The van der Waals surface area contributed by atoms with Gasteiger partial charge >= 0.3 is 5.69 Å². The third-order valence-electron chi connectivity index (χ3n) is 5.54. The number of nitrogens with zero attached hydrogens (tertiary/aromatic N) is 4. The summed E-state index contributed by atoms with van der Waals surface area (Å²) in [4.78, 5) is 33.8. The van der Waals surface area contributed by atoms with Gasteiger partial charge in [0, 0.05) is 20.1 Å². The Kier molecular flexibility index (Phi) is 6.33. The van der Waals surface area contributed by atoms with Crippen LogP contribution in [0.4, 0.5) is 5.95 Å². The zero-order valence-electron chi connectivity index (χ0n) is 17.4. The van der Waals surface area contributed by atoms with Crippen molar-refractivity contribution in [3.8, 4) is 5.75 Å². The normalized spacial score (nSPS) is 15.8. The number of anilines is 1. The van der Waals surface area contributed by atoms with Crippen LogP contribution in [0.3, 0.4) is 0 Å².